The van der Waals surface area contributed by atoms with E-state index in [4.69, 9.17) is 0 Å². The molecule has 0 N–H and O–H groups in total. The maximum Gasteiger partial charge on any atom is -0.0308 e. The number of hydrogen-bond acceptors (Lipinski definition) is 0. The Morgan fingerprint density at radius 1 is 0.480 bits per heavy atom. The molecular formula is C25H56. The summed E-state index contributed by atoms with van der Waals surface area (Å²) >= 11 is 0. The molecule has 0 bridgehead atoms. The van der Waals surface area contributed by atoms with Crippen molar-refractivity contribution in [2.24, 2.45) is 22.2 Å². The predicted molar refractivity (Wildman–Crippen MR) is 121 cm³/mol. The van der Waals surface area contributed by atoms with Crippen molar-refractivity contribution in [2.75, 3.05) is 0 Å². The van der Waals surface area contributed by atoms with Crippen LogP contribution in [0.2, 0.25) is 0 Å². The van der Waals surface area contributed by atoms with Crippen molar-refractivity contribution < 1.29 is 0 Å². The van der Waals surface area contributed by atoms with Gasteiger partial charge in [0.1, 0.15) is 0 Å². The van der Waals surface area contributed by atoms with Crippen LogP contribution in [0.25, 0.3) is 0 Å². The van der Waals surface area contributed by atoms with E-state index in [9.17, 15) is 0 Å². The smallest absolute Gasteiger partial charge is 0.0308 e. The zero-order chi connectivity index (χ0) is 20.7. The van der Waals surface area contributed by atoms with Crippen LogP contribution in [-0.4, -0.2) is 0 Å². The van der Waals surface area contributed by atoms with Crippen LogP contribution in [0.3, 0.4) is 0 Å². The Kier molecular flexibility index (Phi) is 18.0. The van der Waals surface area contributed by atoms with Crippen molar-refractivity contribution in [3.05, 3.63) is 0 Å². The van der Waals surface area contributed by atoms with Crippen molar-refractivity contribution in [3.8, 4) is 0 Å². The van der Waals surface area contributed by atoms with Gasteiger partial charge in [0.15, 0.2) is 0 Å². The van der Waals surface area contributed by atoms with Crippen LogP contribution >= 0.6 is 0 Å². The molecule has 0 rings (SSSR count). The summed E-state index contributed by atoms with van der Waals surface area (Å²) in [5.41, 5.74) is 1.73. The molecule has 0 aliphatic carbocycles. The fourth-order valence-corrected chi connectivity index (χ4v) is 2.94. The lowest BCUT2D eigenvalue weighted by atomic mass is 9.78. The van der Waals surface area contributed by atoms with E-state index in [1.807, 2.05) is 0 Å². The van der Waals surface area contributed by atoms with E-state index in [0.717, 1.165) is 5.92 Å². The van der Waals surface area contributed by atoms with Gasteiger partial charge in [-0.05, 0) is 28.6 Å². The number of rotatable bonds is 7. The highest BCUT2D eigenvalue weighted by Crippen LogP contribution is 2.33. The Balaban J connectivity index is -0.000000300. The minimum atomic E-state index is 0.524. The number of hydrogen-bond donors (Lipinski definition) is 0. The summed E-state index contributed by atoms with van der Waals surface area (Å²) in [6, 6.07) is 0. The molecule has 0 radical (unpaired) electrons. The van der Waals surface area contributed by atoms with Crippen molar-refractivity contribution in [1.82, 2.24) is 0 Å². The molecule has 0 heteroatoms. The highest BCUT2D eigenvalue weighted by atomic mass is 14.3. The first-order chi connectivity index (χ1) is 11.3. The molecule has 0 aliphatic rings. The Hall–Kier alpha value is 0. The molecule has 0 aromatic heterocycles. The molecule has 156 valence electrons. The fourth-order valence-electron chi connectivity index (χ4n) is 2.94. The van der Waals surface area contributed by atoms with Gasteiger partial charge in [-0.25, -0.2) is 0 Å². The zero-order valence-corrected chi connectivity index (χ0v) is 20.7. The van der Waals surface area contributed by atoms with Crippen molar-refractivity contribution >= 4 is 0 Å². The van der Waals surface area contributed by atoms with Crippen molar-refractivity contribution in [3.63, 3.8) is 0 Å². The quantitative estimate of drug-likeness (QED) is 0.425. The van der Waals surface area contributed by atoms with Crippen LogP contribution in [0.4, 0.5) is 0 Å². The molecule has 0 heterocycles. The second kappa shape index (κ2) is 15.1. The lowest BCUT2D eigenvalue weighted by Gasteiger charge is -2.28. The van der Waals surface area contributed by atoms with Crippen LogP contribution in [0.5, 0.6) is 0 Å². The normalized spacial score (nSPS) is 12.2. The molecule has 0 aromatic carbocycles. The third-order valence-corrected chi connectivity index (χ3v) is 6.12. The van der Waals surface area contributed by atoms with Gasteiger partial charge < -0.3 is 0 Å². The summed E-state index contributed by atoms with van der Waals surface area (Å²) in [4.78, 5) is 0. The van der Waals surface area contributed by atoms with Crippen molar-refractivity contribution in [1.29, 1.82) is 0 Å². The van der Waals surface area contributed by atoms with Gasteiger partial charge >= 0.3 is 0 Å². The van der Waals surface area contributed by atoms with Gasteiger partial charge in [-0.3, -0.25) is 0 Å². The lowest BCUT2D eigenvalue weighted by Crippen LogP contribution is -2.15. The van der Waals surface area contributed by atoms with Gasteiger partial charge in [0.2, 0.25) is 0 Å². The largest absolute Gasteiger partial charge is 0.0651 e. The fraction of sp³-hybridized carbons (Fsp3) is 1.00. The minimum Gasteiger partial charge on any atom is -0.0651 e. The summed E-state index contributed by atoms with van der Waals surface area (Å²) in [6.07, 6.45) is 10.7. The molecule has 0 unspecified atom stereocenters. The second-order valence-electron chi connectivity index (χ2n) is 10.3. The molecular weight excluding hydrogens is 300 g/mol. The topological polar surface area (TPSA) is 0 Å². The summed E-state index contributed by atoms with van der Waals surface area (Å²) in [5, 5.41) is 0. The van der Waals surface area contributed by atoms with Gasteiger partial charge in [0.05, 0.1) is 0 Å². The predicted octanol–water partition coefficient (Wildman–Crippen LogP) is 9.91. The molecule has 0 amide bonds. The van der Waals surface area contributed by atoms with E-state index in [2.05, 4.69) is 90.0 Å². The van der Waals surface area contributed by atoms with E-state index in [0.29, 0.717) is 16.2 Å². The van der Waals surface area contributed by atoms with E-state index in [-0.39, 0.29) is 0 Å². The van der Waals surface area contributed by atoms with E-state index in [1.54, 1.807) is 0 Å². The Bertz CT molecular complexity index is 235. The highest BCUT2D eigenvalue weighted by molar-refractivity contribution is 4.72. The van der Waals surface area contributed by atoms with Crippen LogP contribution in [0.15, 0.2) is 0 Å². The molecule has 0 nitrogen and oxygen atoms in total. The first kappa shape index (κ1) is 29.8. The van der Waals surface area contributed by atoms with E-state index < -0.39 is 0 Å². The third-order valence-electron chi connectivity index (χ3n) is 6.12. The van der Waals surface area contributed by atoms with Crippen molar-refractivity contribution in [2.45, 2.75) is 141 Å². The molecule has 0 fully saturated rings. The molecule has 0 saturated carbocycles. The molecule has 25 heavy (non-hydrogen) atoms. The third kappa shape index (κ3) is 20.2. The van der Waals surface area contributed by atoms with E-state index in [1.165, 1.54) is 51.4 Å². The van der Waals surface area contributed by atoms with Gasteiger partial charge in [-0.2, -0.15) is 0 Å². The summed E-state index contributed by atoms with van der Waals surface area (Å²) in [7, 11) is 0. The average molecular weight is 357 g/mol. The van der Waals surface area contributed by atoms with Crippen LogP contribution in [-0.2, 0) is 0 Å². The monoisotopic (exact) mass is 356 g/mol. The maximum absolute atomic E-state index is 2.32. The first-order valence-corrected chi connectivity index (χ1v) is 11.3. The van der Waals surface area contributed by atoms with Gasteiger partial charge in [0, 0.05) is 0 Å². The molecule has 0 saturated heterocycles. The summed E-state index contributed by atoms with van der Waals surface area (Å²) in [6.45, 7) is 29.7. The second-order valence-corrected chi connectivity index (χ2v) is 10.3. The molecule has 0 aliphatic heterocycles. The van der Waals surface area contributed by atoms with Gasteiger partial charge in [-0.1, -0.05) is 135 Å². The Morgan fingerprint density at radius 2 is 0.760 bits per heavy atom. The SMILES string of the molecule is CCC(C)(C)C.CCC(CC)(CC)CC.CCC(CC)CC(C)(C)C. The van der Waals surface area contributed by atoms with Crippen LogP contribution in [0.1, 0.15) is 141 Å². The summed E-state index contributed by atoms with van der Waals surface area (Å²) < 4.78 is 0. The zero-order valence-electron chi connectivity index (χ0n) is 20.7. The van der Waals surface area contributed by atoms with Crippen LogP contribution in [0, 0.1) is 22.2 Å². The summed E-state index contributed by atoms with van der Waals surface area (Å²) in [5.74, 6) is 0.944. The average Bonchev–Trinajstić information content (AvgIpc) is 2.55. The molecule has 0 spiro atoms. The van der Waals surface area contributed by atoms with Crippen LogP contribution < -0.4 is 0 Å². The van der Waals surface area contributed by atoms with Gasteiger partial charge in [-0.15, -0.1) is 0 Å². The van der Waals surface area contributed by atoms with Gasteiger partial charge in [0.25, 0.3) is 0 Å². The Labute approximate surface area is 164 Å². The minimum absolute atomic E-state index is 0.524. The standard InChI is InChI=1S/C10H22.C9H20.C6H14/c1-6-9(7-2)8-10(3,4)5;1-5-9(6-2,7-3)8-4;1-5-6(2,3)4/h9H,6-8H2,1-5H3;5-8H2,1-4H3;5H2,1-4H3. The lowest BCUT2D eigenvalue weighted by molar-refractivity contribution is 0.240. The maximum atomic E-state index is 2.32. The highest BCUT2D eigenvalue weighted by Gasteiger charge is 2.20. The van der Waals surface area contributed by atoms with E-state index >= 15 is 0 Å². The molecule has 0 atom stereocenters. The molecule has 0 aromatic rings. The first-order valence-electron chi connectivity index (χ1n) is 11.3. The Morgan fingerprint density at radius 3 is 0.800 bits per heavy atom.